The van der Waals surface area contributed by atoms with Crippen molar-refractivity contribution >= 4 is 23.2 Å². The SMILES string of the molecule is CNC(=O)C(=NOC)c1c(Oc2ccncn2)ccc(F)c1Oc1cccc(Cl)c1C. The topological polar surface area (TPSA) is 94.9 Å². The van der Waals surface area contributed by atoms with Crippen LogP contribution in [0.5, 0.6) is 23.1 Å². The van der Waals surface area contributed by atoms with Gasteiger partial charge in [0.2, 0.25) is 5.88 Å². The third-order valence-electron chi connectivity index (χ3n) is 4.13. The first-order chi connectivity index (χ1) is 15.0. The molecule has 0 aliphatic rings. The highest BCUT2D eigenvalue weighted by Crippen LogP contribution is 2.39. The van der Waals surface area contributed by atoms with Crippen LogP contribution in [0.3, 0.4) is 0 Å². The number of amides is 1. The third-order valence-corrected chi connectivity index (χ3v) is 4.54. The summed E-state index contributed by atoms with van der Waals surface area (Å²) < 4.78 is 26.6. The lowest BCUT2D eigenvalue weighted by Gasteiger charge is -2.18. The monoisotopic (exact) mass is 444 g/mol. The van der Waals surface area contributed by atoms with Gasteiger partial charge in [-0.25, -0.2) is 14.4 Å². The van der Waals surface area contributed by atoms with Gasteiger partial charge >= 0.3 is 0 Å². The minimum absolute atomic E-state index is 0.0641. The zero-order valence-corrected chi connectivity index (χ0v) is 17.6. The van der Waals surface area contributed by atoms with Crippen LogP contribution in [0.15, 0.2) is 54.1 Å². The first-order valence-electron chi connectivity index (χ1n) is 8.99. The molecule has 0 saturated carbocycles. The van der Waals surface area contributed by atoms with Crippen LogP contribution in [0.25, 0.3) is 0 Å². The highest BCUT2D eigenvalue weighted by Gasteiger charge is 2.28. The molecule has 10 heteroatoms. The van der Waals surface area contributed by atoms with Gasteiger partial charge in [-0.1, -0.05) is 22.8 Å². The minimum atomic E-state index is -0.753. The first-order valence-corrected chi connectivity index (χ1v) is 9.37. The van der Waals surface area contributed by atoms with Gasteiger partial charge in [-0.15, -0.1) is 0 Å². The van der Waals surface area contributed by atoms with Gasteiger partial charge in [0.15, 0.2) is 17.3 Å². The molecular formula is C21H18ClFN4O4. The lowest BCUT2D eigenvalue weighted by molar-refractivity contribution is -0.114. The van der Waals surface area contributed by atoms with Crippen LogP contribution in [0.2, 0.25) is 5.02 Å². The molecule has 0 atom stereocenters. The standard InChI is InChI=1S/C21H18ClFN4O4/c1-12-13(22)5-4-6-15(12)31-20-14(23)7-8-16(30-17-9-10-25-11-26-17)18(20)19(27-29-3)21(28)24-2/h4-11H,1-3H3,(H,24,28). The number of likely N-dealkylation sites (N-methyl/N-ethyl adjacent to an activating group) is 1. The van der Waals surface area contributed by atoms with Crippen LogP contribution >= 0.6 is 11.6 Å². The summed E-state index contributed by atoms with van der Waals surface area (Å²) in [6, 6.07) is 8.93. The van der Waals surface area contributed by atoms with Crippen molar-refractivity contribution < 1.29 is 23.5 Å². The molecule has 0 aliphatic heterocycles. The van der Waals surface area contributed by atoms with E-state index in [0.29, 0.717) is 16.3 Å². The maximum atomic E-state index is 15.0. The maximum absolute atomic E-state index is 15.0. The van der Waals surface area contributed by atoms with E-state index < -0.39 is 11.7 Å². The van der Waals surface area contributed by atoms with Crippen LogP contribution in [0.1, 0.15) is 11.1 Å². The van der Waals surface area contributed by atoms with E-state index in [-0.39, 0.29) is 28.7 Å². The third kappa shape index (κ3) is 4.89. The number of hydrogen-bond donors (Lipinski definition) is 1. The fraction of sp³-hybridized carbons (Fsp3) is 0.143. The molecule has 0 fully saturated rings. The van der Waals surface area contributed by atoms with Crippen LogP contribution < -0.4 is 14.8 Å². The van der Waals surface area contributed by atoms with E-state index in [0.717, 1.165) is 6.07 Å². The predicted octanol–water partition coefficient (Wildman–Crippen LogP) is 4.26. The van der Waals surface area contributed by atoms with Crippen molar-refractivity contribution in [3.63, 3.8) is 0 Å². The number of oxime groups is 1. The highest BCUT2D eigenvalue weighted by molar-refractivity contribution is 6.46. The number of benzene rings is 2. The summed E-state index contributed by atoms with van der Waals surface area (Å²) in [6.45, 7) is 1.72. The molecule has 0 saturated heterocycles. The number of carbonyl (C=O) groups is 1. The number of nitrogens with zero attached hydrogens (tertiary/aromatic N) is 3. The normalized spacial score (nSPS) is 11.1. The van der Waals surface area contributed by atoms with E-state index in [1.54, 1.807) is 25.1 Å². The molecule has 0 radical (unpaired) electrons. The van der Waals surface area contributed by atoms with Crippen molar-refractivity contribution in [2.45, 2.75) is 6.92 Å². The van der Waals surface area contributed by atoms with E-state index in [1.807, 2.05) is 0 Å². The van der Waals surface area contributed by atoms with Gasteiger partial charge in [-0.3, -0.25) is 4.79 Å². The molecule has 1 heterocycles. The Morgan fingerprint density at radius 2 is 1.97 bits per heavy atom. The number of aromatic nitrogens is 2. The second-order valence-electron chi connectivity index (χ2n) is 6.07. The molecule has 1 aromatic heterocycles. The van der Waals surface area contributed by atoms with Gasteiger partial charge < -0.3 is 19.6 Å². The van der Waals surface area contributed by atoms with Crippen molar-refractivity contribution in [1.82, 2.24) is 15.3 Å². The zero-order chi connectivity index (χ0) is 22.4. The fourth-order valence-corrected chi connectivity index (χ4v) is 2.78. The summed E-state index contributed by atoms with van der Waals surface area (Å²) >= 11 is 6.16. The Balaban J connectivity index is 2.22. The quantitative estimate of drug-likeness (QED) is 0.432. The smallest absolute Gasteiger partial charge is 0.273 e. The Hall–Kier alpha value is -3.72. The van der Waals surface area contributed by atoms with Crippen molar-refractivity contribution in [2.75, 3.05) is 14.2 Å². The summed E-state index contributed by atoms with van der Waals surface area (Å²) in [4.78, 5) is 25.2. The molecule has 2 aromatic carbocycles. The molecular weight excluding hydrogens is 427 g/mol. The minimum Gasteiger partial charge on any atom is -0.453 e. The summed E-state index contributed by atoms with van der Waals surface area (Å²) in [7, 11) is 2.66. The summed E-state index contributed by atoms with van der Waals surface area (Å²) in [5.74, 6) is -1.17. The van der Waals surface area contributed by atoms with Gasteiger partial charge in [0.1, 0.15) is 24.9 Å². The largest absolute Gasteiger partial charge is 0.453 e. The molecule has 160 valence electrons. The van der Waals surface area contributed by atoms with Crippen LogP contribution in [0.4, 0.5) is 4.39 Å². The van der Waals surface area contributed by atoms with Crippen molar-refractivity contribution in [3.05, 3.63) is 70.9 Å². The lowest BCUT2D eigenvalue weighted by Crippen LogP contribution is -2.29. The second-order valence-corrected chi connectivity index (χ2v) is 6.47. The Morgan fingerprint density at radius 3 is 2.65 bits per heavy atom. The molecule has 31 heavy (non-hydrogen) atoms. The molecule has 0 spiro atoms. The zero-order valence-electron chi connectivity index (χ0n) is 16.8. The fourth-order valence-electron chi connectivity index (χ4n) is 2.62. The van der Waals surface area contributed by atoms with E-state index in [1.165, 1.54) is 38.8 Å². The molecule has 0 aliphatic carbocycles. The van der Waals surface area contributed by atoms with Gasteiger partial charge in [0.05, 0.1) is 5.56 Å². The average Bonchev–Trinajstić information content (AvgIpc) is 2.78. The Labute approximate surface area is 182 Å². The predicted molar refractivity (Wildman–Crippen MR) is 112 cm³/mol. The van der Waals surface area contributed by atoms with E-state index in [2.05, 4.69) is 20.4 Å². The highest BCUT2D eigenvalue weighted by atomic mass is 35.5. The van der Waals surface area contributed by atoms with Crippen LogP contribution in [0, 0.1) is 12.7 Å². The number of ether oxygens (including phenoxy) is 2. The van der Waals surface area contributed by atoms with Crippen LogP contribution in [-0.4, -0.2) is 35.7 Å². The number of carbonyl (C=O) groups excluding carboxylic acids is 1. The maximum Gasteiger partial charge on any atom is 0.273 e. The molecule has 1 N–H and O–H groups in total. The number of hydrogen-bond acceptors (Lipinski definition) is 7. The molecule has 3 aromatic rings. The molecule has 0 bridgehead atoms. The Kier molecular flexibility index (Phi) is 6.99. The van der Waals surface area contributed by atoms with E-state index in [4.69, 9.17) is 25.9 Å². The first kappa shape index (κ1) is 22.0. The number of halogens is 2. The molecule has 0 unspecified atom stereocenters. The van der Waals surface area contributed by atoms with Crippen molar-refractivity contribution in [2.24, 2.45) is 5.16 Å². The van der Waals surface area contributed by atoms with Gasteiger partial charge in [0.25, 0.3) is 5.91 Å². The molecule has 1 amide bonds. The molecule has 3 rings (SSSR count). The second kappa shape index (κ2) is 9.86. The van der Waals surface area contributed by atoms with Gasteiger partial charge in [-0.2, -0.15) is 0 Å². The molecule has 8 nitrogen and oxygen atoms in total. The summed E-state index contributed by atoms with van der Waals surface area (Å²) in [6.07, 6.45) is 2.76. The Morgan fingerprint density at radius 1 is 1.16 bits per heavy atom. The lowest BCUT2D eigenvalue weighted by atomic mass is 10.1. The van der Waals surface area contributed by atoms with Crippen molar-refractivity contribution in [1.29, 1.82) is 0 Å². The average molecular weight is 445 g/mol. The number of nitrogens with one attached hydrogen (secondary N) is 1. The van der Waals surface area contributed by atoms with E-state index >= 15 is 0 Å². The number of rotatable bonds is 7. The van der Waals surface area contributed by atoms with Crippen molar-refractivity contribution in [3.8, 4) is 23.1 Å². The van der Waals surface area contributed by atoms with Crippen LogP contribution in [-0.2, 0) is 9.63 Å². The van der Waals surface area contributed by atoms with E-state index in [9.17, 15) is 9.18 Å². The summed E-state index contributed by atoms with van der Waals surface area (Å²) in [5.41, 5.74) is 0.254. The Bertz CT molecular complexity index is 1130. The van der Waals surface area contributed by atoms with Gasteiger partial charge in [0, 0.05) is 29.9 Å². The summed E-state index contributed by atoms with van der Waals surface area (Å²) in [5, 5.41) is 6.65. The van der Waals surface area contributed by atoms with Gasteiger partial charge in [-0.05, 0) is 31.2 Å².